The maximum atomic E-state index is 12.8. The number of carbonyl (C=O) groups is 2. The van der Waals surface area contributed by atoms with Gasteiger partial charge in [0.1, 0.15) is 5.82 Å². The van der Waals surface area contributed by atoms with E-state index >= 15 is 0 Å². The lowest BCUT2D eigenvalue weighted by atomic mass is 10.1. The Morgan fingerprint density at radius 1 is 1.03 bits per heavy atom. The van der Waals surface area contributed by atoms with Gasteiger partial charge >= 0.3 is 0 Å². The van der Waals surface area contributed by atoms with Gasteiger partial charge in [0.2, 0.25) is 11.8 Å². The van der Waals surface area contributed by atoms with Gasteiger partial charge in [0.05, 0.1) is 20.1 Å². The van der Waals surface area contributed by atoms with Crippen LogP contribution in [0.2, 0.25) is 0 Å². The zero-order valence-electron chi connectivity index (χ0n) is 16.5. The molecule has 29 heavy (non-hydrogen) atoms. The van der Waals surface area contributed by atoms with E-state index in [0.29, 0.717) is 31.2 Å². The second kappa shape index (κ2) is 11.5. The third kappa shape index (κ3) is 7.65. The van der Waals surface area contributed by atoms with Crippen LogP contribution in [0.15, 0.2) is 48.5 Å². The Balaban J connectivity index is 1.72. The van der Waals surface area contributed by atoms with E-state index in [2.05, 4.69) is 10.6 Å². The number of amides is 2. The first-order valence-electron chi connectivity index (χ1n) is 9.29. The Kier molecular flexibility index (Phi) is 8.69. The Labute approximate surface area is 169 Å². The lowest BCUT2D eigenvalue weighted by Crippen LogP contribution is -2.34. The highest BCUT2D eigenvalue weighted by molar-refractivity contribution is 5.91. The molecule has 0 saturated heterocycles. The zero-order chi connectivity index (χ0) is 21.1. The average Bonchev–Trinajstić information content (AvgIpc) is 2.72. The van der Waals surface area contributed by atoms with E-state index in [1.807, 2.05) is 13.0 Å². The van der Waals surface area contributed by atoms with Crippen LogP contribution in [0, 0.1) is 5.82 Å². The highest BCUT2D eigenvalue weighted by Crippen LogP contribution is 2.28. The van der Waals surface area contributed by atoms with Gasteiger partial charge in [-0.1, -0.05) is 18.2 Å². The highest BCUT2D eigenvalue weighted by Gasteiger charge is 2.05. The first kappa shape index (κ1) is 21.9. The Bertz CT molecular complexity index is 850. The Morgan fingerprint density at radius 2 is 1.76 bits per heavy atom. The minimum atomic E-state index is -0.339. The summed E-state index contributed by atoms with van der Waals surface area (Å²) in [4.78, 5) is 23.7. The van der Waals surface area contributed by atoms with E-state index in [4.69, 9.17) is 9.47 Å². The summed E-state index contributed by atoms with van der Waals surface area (Å²) in [5, 5.41) is 5.40. The fourth-order valence-corrected chi connectivity index (χ4v) is 2.53. The van der Waals surface area contributed by atoms with Crippen LogP contribution < -0.4 is 20.1 Å². The van der Waals surface area contributed by atoms with Gasteiger partial charge < -0.3 is 20.1 Å². The standard InChI is InChI=1S/C22H25FN2O4/c1-3-29-19-10-6-16(14-20(19)28-2)7-11-21(26)24-12-13-25-22(27)15-17-4-8-18(23)9-5-17/h4-11,14H,3,12-13,15H2,1-2H3,(H,24,26)(H,25,27)/b11-7+. The van der Waals surface area contributed by atoms with E-state index in [0.717, 1.165) is 11.1 Å². The van der Waals surface area contributed by atoms with Crippen molar-refractivity contribution >= 4 is 17.9 Å². The van der Waals surface area contributed by atoms with E-state index in [9.17, 15) is 14.0 Å². The summed E-state index contributed by atoms with van der Waals surface area (Å²) in [6.45, 7) is 3.03. The minimum absolute atomic E-state index is 0.160. The number of benzene rings is 2. The van der Waals surface area contributed by atoms with Crippen molar-refractivity contribution in [1.29, 1.82) is 0 Å². The second-order valence-corrected chi connectivity index (χ2v) is 6.12. The Hall–Kier alpha value is -3.35. The SMILES string of the molecule is CCOc1ccc(/C=C/C(=O)NCCNC(=O)Cc2ccc(F)cc2)cc1OC. The average molecular weight is 400 g/mol. The lowest BCUT2D eigenvalue weighted by Gasteiger charge is -2.09. The van der Waals surface area contributed by atoms with Gasteiger partial charge in [0.25, 0.3) is 0 Å². The predicted octanol–water partition coefficient (Wildman–Crippen LogP) is 2.72. The molecular weight excluding hydrogens is 375 g/mol. The molecular formula is C22H25FN2O4. The summed E-state index contributed by atoms with van der Waals surface area (Å²) >= 11 is 0. The summed E-state index contributed by atoms with van der Waals surface area (Å²) in [5.74, 6) is 0.438. The minimum Gasteiger partial charge on any atom is -0.493 e. The third-order valence-corrected chi connectivity index (χ3v) is 3.94. The molecule has 0 aliphatic carbocycles. The topological polar surface area (TPSA) is 76.7 Å². The third-order valence-electron chi connectivity index (χ3n) is 3.94. The van der Waals surface area contributed by atoms with Crippen LogP contribution >= 0.6 is 0 Å². The number of rotatable bonds is 10. The van der Waals surface area contributed by atoms with Gasteiger partial charge in [0.15, 0.2) is 11.5 Å². The predicted molar refractivity (Wildman–Crippen MR) is 109 cm³/mol. The van der Waals surface area contributed by atoms with Crippen molar-refractivity contribution in [2.24, 2.45) is 0 Å². The van der Waals surface area contributed by atoms with Crippen LogP contribution in [-0.2, 0) is 16.0 Å². The molecule has 2 aromatic rings. The maximum Gasteiger partial charge on any atom is 0.244 e. The van der Waals surface area contributed by atoms with Crippen molar-refractivity contribution in [2.75, 3.05) is 26.8 Å². The summed E-state index contributed by atoms with van der Waals surface area (Å²) < 4.78 is 23.6. The molecule has 6 nitrogen and oxygen atoms in total. The molecule has 0 radical (unpaired) electrons. The lowest BCUT2D eigenvalue weighted by molar-refractivity contribution is -0.121. The van der Waals surface area contributed by atoms with Crippen LogP contribution in [0.25, 0.3) is 6.08 Å². The number of carbonyl (C=O) groups excluding carboxylic acids is 2. The van der Waals surface area contributed by atoms with Crippen LogP contribution in [0.1, 0.15) is 18.1 Å². The summed E-state index contributed by atoms with van der Waals surface area (Å²) in [6, 6.07) is 11.2. The molecule has 7 heteroatoms. The highest BCUT2D eigenvalue weighted by atomic mass is 19.1. The van der Waals surface area contributed by atoms with Gasteiger partial charge in [-0.3, -0.25) is 9.59 Å². The number of nitrogens with one attached hydrogen (secondary N) is 2. The maximum absolute atomic E-state index is 12.8. The van der Waals surface area contributed by atoms with Gasteiger partial charge in [-0.05, 0) is 48.4 Å². The van der Waals surface area contributed by atoms with Crippen LogP contribution in [-0.4, -0.2) is 38.6 Å². The largest absolute Gasteiger partial charge is 0.493 e. The molecule has 0 heterocycles. The molecule has 0 saturated carbocycles. The normalized spacial score (nSPS) is 10.6. The van der Waals surface area contributed by atoms with Crippen LogP contribution in [0.3, 0.4) is 0 Å². The molecule has 0 spiro atoms. The fourth-order valence-electron chi connectivity index (χ4n) is 2.53. The first-order chi connectivity index (χ1) is 14.0. The molecule has 0 bridgehead atoms. The van der Waals surface area contributed by atoms with Crippen molar-refractivity contribution in [1.82, 2.24) is 10.6 Å². The van der Waals surface area contributed by atoms with Crippen LogP contribution in [0.4, 0.5) is 4.39 Å². The molecule has 2 amide bonds. The van der Waals surface area contributed by atoms with Crippen LogP contribution in [0.5, 0.6) is 11.5 Å². The van der Waals surface area contributed by atoms with E-state index in [1.54, 1.807) is 37.5 Å². The number of ether oxygens (including phenoxy) is 2. The fraction of sp³-hybridized carbons (Fsp3) is 0.273. The molecule has 2 aromatic carbocycles. The van der Waals surface area contributed by atoms with Crippen molar-refractivity contribution in [2.45, 2.75) is 13.3 Å². The number of hydrogen-bond donors (Lipinski definition) is 2. The van der Waals surface area contributed by atoms with E-state index in [1.165, 1.54) is 18.2 Å². The molecule has 0 aliphatic rings. The first-order valence-corrected chi connectivity index (χ1v) is 9.29. The summed E-state index contributed by atoms with van der Waals surface area (Å²) in [7, 11) is 1.56. The molecule has 2 N–H and O–H groups in total. The van der Waals surface area contributed by atoms with Crippen molar-refractivity contribution < 1.29 is 23.5 Å². The molecule has 0 fully saturated rings. The number of halogens is 1. The van der Waals surface area contributed by atoms with Gasteiger partial charge in [-0.15, -0.1) is 0 Å². The monoisotopic (exact) mass is 400 g/mol. The van der Waals surface area contributed by atoms with E-state index < -0.39 is 0 Å². The van der Waals surface area contributed by atoms with Crippen molar-refractivity contribution in [3.05, 3.63) is 65.5 Å². The molecule has 154 valence electrons. The quantitative estimate of drug-likeness (QED) is 0.475. The number of methoxy groups -OCH3 is 1. The molecule has 2 rings (SSSR count). The summed E-state index contributed by atoms with van der Waals surface area (Å²) in [5.41, 5.74) is 1.52. The van der Waals surface area contributed by atoms with Crippen molar-refractivity contribution in [3.63, 3.8) is 0 Å². The smallest absolute Gasteiger partial charge is 0.244 e. The Morgan fingerprint density at radius 3 is 2.45 bits per heavy atom. The van der Waals surface area contributed by atoms with Gasteiger partial charge in [0, 0.05) is 19.2 Å². The molecule has 0 aromatic heterocycles. The second-order valence-electron chi connectivity index (χ2n) is 6.12. The number of hydrogen-bond acceptors (Lipinski definition) is 4. The van der Waals surface area contributed by atoms with Gasteiger partial charge in [-0.25, -0.2) is 4.39 Å². The zero-order valence-corrected chi connectivity index (χ0v) is 16.5. The van der Waals surface area contributed by atoms with Gasteiger partial charge in [-0.2, -0.15) is 0 Å². The molecule has 0 atom stereocenters. The summed E-state index contributed by atoms with van der Waals surface area (Å²) in [6.07, 6.45) is 3.24. The molecule has 0 aliphatic heterocycles. The van der Waals surface area contributed by atoms with E-state index in [-0.39, 0.29) is 24.1 Å². The molecule has 0 unspecified atom stereocenters. The van der Waals surface area contributed by atoms with Crippen molar-refractivity contribution in [3.8, 4) is 11.5 Å².